The number of carbonyl (C=O) groups excluding carboxylic acids is 2. The Labute approximate surface area is 196 Å². The second-order valence-electron chi connectivity index (χ2n) is 6.07. The molecule has 0 bridgehead atoms. The Balaban J connectivity index is 0.000000331. The molecule has 0 N–H and O–H groups in total. The van der Waals surface area contributed by atoms with Gasteiger partial charge < -0.3 is 18.9 Å². The Bertz CT molecular complexity index is 1070. The number of alkyl halides is 1. The minimum Gasteiger partial charge on any atom is -0.490 e. The smallest absolute Gasteiger partial charge is 0.338 e. The summed E-state index contributed by atoms with van der Waals surface area (Å²) < 4.78 is 19.1. The summed E-state index contributed by atoms with van der Waals surface area (Å²) in [6, 6.07) is 5.14. The van der Waals surface area contributed by atoms with E-state index in [9.17, 15) is 29.8 Å². The van der Waals surface area contributed by atoms with E-state index in [0.29, 0.717) is 11.1 Å². The van der Waals surface area contributed by atoms with E-state index in [1.54, 1.807) is 6.92 Å². The highest BCUT2D eigenvalue weighted by Gasteiger charge is 2.24. The Morgan fingerprint density at radius 1 is 0.818 bits per heavy atom. The van der Waals surface area contributed by atoms with Crippen LogP contribution in [0.5, 0.6) is 11.5 Å². The van der Waals surface area contributed by atoms with Crippen LogP contribution >= 0.6 is 15.9 Å². The standard InChI is InChI=1S/C10H10BrNO5.C10H11NO5/c1-16-9-7(5-11)6(10(13)17-2)3-4-8(9)12(14)15;1-6-7(10(12)16-3)4-5-8(11(13)14)9(6)15-2/h3-4H,5H2,1-2H3;4-5H,1-3H3. The fourth-order valence-corrected chi connectivity index (χ4v) is 3.39. The minimum absolute atomic E-state index is 0.0646. The summed E-state index contributed by atoms with van der Waals surface area (Å²) in [6.07, 6.45) is 0. The fourth-order valence-electron chi connectivity index (χ4n) is 2.83. The summed E-state index contributed by atoms with van der Waals surface area (Å²) in [6.45, 7) is 1.57. The SMILES string of the molecule is COC(=O)c1ccc([N+](=O)[O-])c(OC)c1C.COC(=O)c1ccc([N+](=O)[O-])c(OC)c1CBr. The normalized spacial score (nSPS) is 9.76. The van der Waals surface area contributed by atoms with Gasteiger partial charge in [0, 0.05) is 28.6 Å². The van der Waals surface area contributed by atoms with Crippen molar-refractivity contribution in [3.8, 4) is 11.5 Å². The zero-order valence-corrected chi connectivity index (χ0v) is 20.0. The van der Waals surface area contributed by atoms with E-state index in [1.807, 2.05) is 0 Å². The predicted molar refractivity (Wildman–Crippen MR) is 119 cm³/mol. The molecule has 0 atom stereocenters. The quantitative estimate of drug-likeness (QED) is 0.222. The maximum absolute atomic E-state index is 11.5. The lowest BCUT2D eigenvalue weighted by Gasteiger charge is -2.10. The van der Waals surface area contributed by atoms with Crippen LogP contribution in [-0.4, -0.2) is 50.2 Å². The number of benzene rings is 2. The van der Waals surface area contributed by atoms with Crippen LogP contribution in [0.25, 0.3) is 0 Å². The number of hydrogen-bond donors (Lipinski definition) is 0. The van der Waals surface area contributed by atoms with E-state index in [2.05, 4.69) is 25.4 Å². The number of hydrogen-bond acceptors (Lipinski definition) is 10. The molecule has 0 fully saturated rings. The van der Waals surface area contributed by atoms with Gasteiger partial charge in [0.2, 0.25) is 11.5 Å². The van der Waals surface area contributed by atoms with E-state index in [0.717, 1.165) is 0 Å². The molecule has 178 valence electrons. The fraction of sp³-hybridized carbons (Fsp3) is 0.300. The first-order valence-electron chi connectivity index (χ1n) is 8.98. The third kappa shape index (κ3) is 6.16. The topological polar surface area (TPSA) is 157 Å². The van der Waals surface area contributed by atoms with Crippen molar-refractivity contribution in [3.63, 3.8) is 0 Å². The van der Waals surface area contributed by atoms with Crippen molar-refractivity contribution in [3.05, 3.63) is 66.7 Å². The first kappa shape index (κ1) is 27.3. The van der Waals surface area contributed by atoms with E-state index in [1.165, 1.54) is 52.7 Å². The molecule has 0 aliphatic rings. The number of nitro benzene ring substituents is 2. The summed E-state index contributed by atoms with van der Waals surface area (Å²) in [7, 11) is 5.12. The van der Waals surface area contributed by atoms with Gasteiger partial charge in [-0.1, -0.05) is 15.9 Å². The molecule has 2 aromatic carbocycles. The lowest BCUT2D eigenvalue weighted by Crippen LogP contribution is -2.07. The van der Waals surface area contributed by atoms with Gasteiger partial charge in [-0.2, -0.15) is 0 Å². The van der Waals surface area contributed by atoms with Gasteiger partial charge in [-0.05, 0) is 19.1 Å². The van der Waals surface area contributed by atoms with E-state index in [-0.39, 0.29) is 39.3 Å². The van der Waals surface area contributed by atoms with Gasteiger partial charge in [0.05, 0.1) is 49.4 Å². The Morgan fingerprint density at radius 2 is 1.24 bits per heavy atom. The molecule has 0 aliphatic heterocycles. The molecule has 0 saturated heterocycles. The van der Waals surface area contributed by atoms with Gasteiger partial charge in [0.15, 0.2) is 0 Å². The van der Waals surface area contributed by atoms with E-state index in [4.69, 9.17) is 9.47 Å². The second kappa shape index (κ2) is 12.3. The summed E-state index contributed by atoms with van der Waals surface area (Å²) in [5.74, 6) is -0.971. The summed E-state index contributed by atoms with van der Waals surface area (Å²) in [4.78, 5) is 43.2. The number of ether oxygens (including phenoxy) is 4. The summed E-state index contributed by atoms with van der Waals surface area (Å²) in [5.41, 5.74) is 0.927. The van der Waals surface area contributed by atoms with Gasteiger partial charge in [-0.25, -0.2) is 9.59 Å². The molecular weight excluding hydrogens is 508 g/mol. The maximum atomic E-state index is 11.5. The molecule has 0 amide bonds. The lowest BCUT2D eigenvalue weighted by molar-refractivity contribution is -0.385. The van der Waals surface area contributed by atoms with Crippen molar-refractivity contribution >= 4 is 39.2 Å². The average molecular weight is 529 g/mol. The van der Waals surface area contributed by atoms with Gasteiger partial charge in [0.1, 0.15) is 0 Å². The highest BCUT2D eigenvalue weighted by molar-refractivity contribution is 9.08. The molecule has 0 aliphatic carbocycles. The second-order valence-corrected chi connectivity index (χ2v) is 6.63. The Kier molecular flexibility index (Phi) is 10.2. The largest absolute Gasteiger partial charge is 0.490 e. The van der Waals surface area contributed by atoms with Crippen LogP contribution in [0.4, 0.5) is 11.4 Å². The van der Waals surface area contributed by atoms with Crippen LogP contribution in [0.1, 0.15) is 31.8 Å². The molecule has 2 rings (SSSR count). The van der Waals surface area contributed by atoms with Gasteiger partial charge in [-0.3, -0.25) is 20.2 Å². The first-order chi connectivity index (χ1) is 15.6. The highest BCUT2D eigenvalue weighted by Crippen LogP contribution is 2.35. The number of nitro groups is 2. The van der Waals surface area contributed by atoms with Crippen LogP contribution in [0.2, 0.25) is 0 Å². The van der Waals surface area contributed by atoms with Crippen LogP contribution in [0, 0.1) is 27.2 Å². The molecule has 33 heavy (non-hydrogen) atoms. The molecule has 0 heterocycles. The number of carbonyl (C=O) groups is 2. The zero-order chi connectivity index (χ0) is 25.3. The number of rotatable bonds is 7. The average Bonchev–Trinajstić information content (AvgIpc) is 2.81. The predicted octanol–water partition coefficient (Wildman–Crippen LogP) is 3.98. The molecule has 0 aromatic heterocycles. The van der Waals surface area contributed by atoms with E-state index >= 15 is 0 Å². The van der Waals surface area contributed by atoms with Crippen molar-refractivity contribution in [2.45, 2.75) is 12.3 Å². The molecule has 13 heteroatoms. The zero-order valence-electron chi connectivity index (χ0n) is 18.4. The summed E-state index contributed by atoms with van der Waals surface area (Å²) in [5, 5.41) is 21.7. The maximum Gasteiger partial charge on any atom is 0.338 e. The van der Waals surface area contributed by atoms with Crippen molar-refractivity contribution in [2.24, 2.45) is 0 Å². The Hall–Kier alpha value is -3.74. The molecule has 0 radical (unpaired) electrons. The number of nitrogens with zero attached hydrogens (tertiary/aromatic N) is 2. The van der Waals surface area contributed by atoms with Gasteiger partial charge in [0.25, 0.3) is 0 Å². The third-order valence-corrected chi connectivity index (χ3v) is 4.93. The molecular formula is C20H21BrN2O10. The van der Waals surface area contributed by atoms with Gasteiger partial charge >= 0.3 is 23.3 Å². The van der Waals surface area contributed by atoms with Crippen molar-refractivity contribution in [1.82, 2.24) is 0 Å². The monoisotopic (exact) mass is 528 g/mol. The van der Waals surface area contributed by atoms with Crippen molar-refractivity contribution in [2.75, 3.05) is 28.4 Å². The van der Waals surface area contributed by atoms with Crippen LogP contribution in [-0.2, 0) is 14.8 Å². The number of esters is 2. The van der Waals surface area contributed by atoms with Gasteiger partial charge in [-0.15, -0.1) is 0 Å². The van der Waals surface area contributed by atoms with Crippen molar-refractivity contribution < 1.29 is 38.4 Å². The molecule has 0 saturated carbocycles. The lowest BCUT2D eigenvalue weighted by atomic mass is 10.1. The minimum atomic E-state index is -0.563. The van der Waals surface area contributed by atoms with E-state index < -0.39 is 21.8 Å². The first-order valence-corrected chi connectivity index (χ1v) is 10.1. The van der Waals surface area contributed by atoms with Crippen LogP contribution in [0.15, 0.2) is 24.3 Å². The summed E-state index contributed by atoms with van der Waals surface area (Å²) >= 11 is 3.17. The van der Waals surface area contributed by atoms with Crippen molar-refractivity contribution in [1.29, 1.82) is 0 Å². The molecule has 0 unspecified atom stereocenters. The number of methoxy groups -OCH3 is 4. The molecule has 2 aromatic rings. The highest BCUT2D eigenvalue weighted by atomic mass is 79.9. The van der Waals surface area contributed by atoms with Crippen LogP contribution < -0.4 is 9.47 Å². The van der Waals surface area contributed by atoms with Crippen LogP contribution in [0.3, 0.4) is 0 Å². The molecule has 12 nitrogen and oxygen atoms in total. The third-order valence-electron chi connectivity index (χ3n) is 4.37. The number of halogens is 1. The Morgan fingerprint density at radius 3 is 1.64 bits per heavy atom. The molecule has 0 spiro atoms.